The summed E-state index contributed by atoms with van der Waals surface area (Å²) in [6.07, 6.45) is 1.92. The lowest BCUT2D eigenvalue weighted by molar-refractivity contribution is -0.122. The Morgan fingerprint density at radius 1 is 1.12 bits per heavy atom. The van der Waals surface area contributed by atoms with E-state index in [-0.39, 0.29) is 30.4 Å². The second kappa shape index (κ2) is 9.56. The zero-order valence-corrected chi connectivity index (χ0v) is 15.4. The number of hydrogen-bond acceptors (Lipinski definition) is 4. The molecule has 1 aromatic heterocycles. The molecule has 1 unspecified atom stereocenters. The third-order valence-corrected chi connectivity index (χ3v) is 3.61. The van der Waals surface area contributed by atoms with Gasteiger partial charge in [0.05, 0.1) is 18.6 Å². The maximum atomic E-state index is 12.3. The molecule has 1 heterocycles. The van der Waals surface area contributed by atoms with Crippen LogP contribution in [0.2, 0.25) is 0 Å². The van der Waals surface area contributed by atoms with Gasteiger partial charge in [-0.05, 0) is 25.0 Å². The molecular weight excluding hydrogens is 330 g/mol. The number of carbonyl (C=O) groups is 2. The van der Waals surface area contributed by atoms with Crippen molar-refractivity contribution >= 4 is 11.8 Å². The molecule has 6 nitrogen and oxygen atoms in total. The molecule has 0 aliphatic carbocycles. The normalized spacial score (nSPS) is 11.7. The number of hydrogen-bond donors (Lipinski definition) is 2. The zero-order valence-electron chi connectivity index (χ0n) is 15.4. The van der Waals surface area contributed by atoms with Crippen molar-refractivity contribution in [2.75, 3.05) is 0 Å². The second-order valence-electron chi connectivity index (χ2n) is 6.32. The standard InChI is InChI=1S/C20H25N3O3/c1-14(2)26-20-10-9-16(13-22-20)12-21-19(25)11-18(23-15(3)24)17-7-5-4-6-8-17/h4-10,13-14,18H,11-12H2,1-3H3,(H,21,25)(H,23,24). The Hall–Kier alpha value is -2.89. The molecule has 0 aliphatic heterocycles. The van der Waals surface area contributed by atoms with Crippen molar-refractivity contribution in [2.45, 2.75) is 45.9 Å². The summed E-state index contributed by atoms with van der Waals surface area (Å²) < 4.78 is 5.49. The van der Waals surface area contributed by atoms with Gasteiger partial charge in [0.25, 0.3) is 0 Å². The fraction of sp³-hybridized carbons (Fsp3) is 0.350. The summed E-state index contributed by atoms with van der Waals surface area (Å²) in [5, 5.41) is 5.68. The average Bonchev–Trinajstić information content (AvgIpc) is 2.60. The minimum atomic E-state index is -0.353. The molecule has 2 rings (SSSR count). The molecule has 2 aromatic rings. The first-order valence-electron chi connectivity index (χ1n) is 8.64. The van der Waals surface area contributed by atoms with Crippen LogP contribution in [0.15, 0.2) is 48.7 Å². The molecule has 1 atom stereocenters. The fourth-order valence-corrected chi connectivity index (χ4v) is 2.47. The van der Waals surface area contributed by atoms with Crippen LogP contribution >= 0.6 is 0 Å². The SMILES string of the molecule is CC(=O)NC(CC(=O)NCc1ccc(OC(C)C)nc1)c1ccccc1. The first-order chi connectivity index (χ1) is 12.4. The Morgan fingerprint density at radius 3 is 2.42 bits per heavy atom. The highest BCUT2D eigenvalue weighted by molar-refractivity contribution is 5.79. The first kappa shape index (κ1) is 19.4. The van der Waals surface area contributed by atoms with Crippen LogP contribution in [0.5, 0.6) is 5.88 Å². The van der Waals surface area contributed by atoms with Gasteiger partial charge < -0.3 is 15.4 Å². The Labute approximate surface area is 154 Å². The number of aromatic nitrogens is 1. The minimum absolute atomic E-state index is 0.0664. The van der Waals surface area contributed by atoms with Gasteiger partial charge in [-0.3, -0.25) is 9.59 Å². The van der Waals surface area contributed by atoms with Gasteiger partial charge in [-0.25, -0.2) is 4.98 Å². The zero-order chi connectivity index (χ0) is 18.9. The summed E-state index contributed by atoms with van der Waals surface area (Å²) in [4.78, 5) is 27.9. The third kappa shape index (κ3) is 6.55. The monoisotopic (exact) mass is 355 g/mol. The summed E-state index contributed by atoms with van der Waals surface area (Å²) in [5.74, 6) is 0.247. The Morgan fingerprint density at radius 2 is 1.85 bits per heavy atom. The second-order valence-corrected chi connectivity index (χ2v) is 6.32. The molecule has 0 radical (unpaired) electrons. The number of ether oxygens (including phenoxy) is 1. The topological polar surface area (TPSA) is 80.3 Å². The van der Waals surface area contributed by atoms with Crippen LogP contribution in [-0.4, -0.2) is 22.9 Å². The van der Waals surface area contributed by atoms with Gasteiger partial charge in [0.1, 0.15) is 0 Å². The van der Waals surface area contributed by atoms with Gasteiger partial charge in [0.2, 0.25) is 17.7 Å². The first-order valence-corrected chi connectivity index (χ1v) is 8.64. The van der Waals surface area contributed by atoms with Gasteiger partial charge in [-0.2, -0.15) is 0 Å². The van der Waals surface area contributed by atoms with E-state index in [1.165, 1.54) is 6.92 Å². The van der Waals surface area contributed by atoms with E-state index in [0.29, 0.717) is 12.4 Å². The molecule has 0 bridgehead atoms. The van der Waals surface area contributed by atoms with Crippen molar-refractivity contribution in [3.8, 4) is 5.88 Å². The average molecular weight is 355 g/mol. The van der Waals surface area contributed by atoms with Crippen molar-refractivity contribution in [1.29, 1.82) is 0 Å². The van der Waals surface area contributed by atoms with Crippen molar-refractivity contribution in [3.05, 3.63) is 59.8 Å². The number of amides is 2. The molecule has 138 valence electrons. The van der Waals surface area contributed by atoms with Gasteiger partial charge in [-0.1, -0.05) is 36.4 Å². The van der Waals surface area contributed by atoms with Crippen LogP contribution in [0, 0.1) is 0 Å². The van der Waals surface area contributed by atoms with E-state index >= 15 is 0 Å². The van der Waals surface area contributed by atoms with E-state index in [1.54, 1.807) is 12.3 Å². The van der Waals surface area contributed by atoms with E-state index in [4.69, 9.17) is 4.74 Å². The summed E-state index contributed by atoms with van der Waals surface area (Å²) >= 11 is 0. The lowest BCUT2D eigenvalue weighted by Gasteiger charge is -2.18. The molecule has 0 aliphatic rings. The summed E-state index contributed by atoms with van der Waals surface area (Å²) in [6.45, 7) is 5.69. The van der Waals surface area contributed by atoms with Crippen molar-refractivity contribution in [2.24, 2.45) is 0 Å². The molecule has 0 fully saturated rings. The molecular formula is C20H25N3O3. The summed E-state index contributed by atoms with van der Waals surface area (Å²) in [5.41, 5.74) is 1.78. The number of nitrogens with one attached hydrogen (secondary N) is 2. The Balaban J connectivity index is 1.90. The number of pyridine rings is 1. The highest BCUT2D eigenvalue weighted by Gasteiger charge is 2.16. The molecule has 0 spiro atoms. The van der Waals surface area contributed by atoms with Crippen LogP contribution in [0.3, 0.4) is 0 Å². The van der Waals surface area contributed by atoms with Crippen LogP contribution in [0.4, 0.5) is 0 Å². The largest absolute Gasteiger partial charge is 0.475 e. The number of nitrogens with zero attached hydrogens (tertiary/aromatic N) is 1. The number of benzene rings is 1. The fourth-order valence-electron chi connectivity index (χ4n) is 2.47. The maximum Gasteiger partial charge on any atom is 0.222 e. The van der Waals surface area contributed by atoms with Crippen LogP contribution in [-0.2, 0) is 16.1 Å². The molecule has 26 heavy (non-hydrogen) atoms. The van der Waals surface area contributed by atoms with E-state index in [1.807, 2.05) is 50.2 Å². The van der Waals surface area contributed by atoms with E-state index < -0.39 is 0 Å². The molecule has 6 heteroatoms. The molecule has 2 N–H and O–H groups in total. The summed E-state index contributed by atoms with van der Waals surface area (Å²) in [6, 6.07) is 12.8. The van der Waals surface area contributed by atoms with Gasteiger partial charge >= 0.3 is 0 Å². The van der Waals surface area contributed by atoms with E-state index in [0.717, 1.165) is 11.1 Å². The Kier molecular flexibility index (Phi) is 7.14. The predicted molar refractivity (Wildman–Crippen MR) is 99.5 cm³/mol. The van der Waals surface area contributed by atoms with Crippen LogP contribution in [0.1, 0.15) is 44.4 Å². The predicted octanol–water partition coefficient (Wildman–Crippen LogP) is 2.75. The highest BCUT2D eigenvalue weighted by Crippen LogP contribution is 2.16. The van der Waals surface area contributed by atoms with Crippen molar-refractivity contribution in [1.82, 2.24) is 15.6 Å². The van der Waals surface area contributed by atoms with Crippen molar-refractivity contribution < 1.29 is 14.3 Å². The minimum Gasteiger partial charge on any atom is -0.475 e. The number of carbonyl (C=O) groups excluding carboxylic acids is 2. The maximum absolute atomic E-state index is 12.3. The smallest absolute Gasteiger partial charge is 0.222 e. The van der Waals surface area contributed by atoms with E-state index in [9.17, 15) is 9.59 Å². The molecule has 0 saturated carbocycles. The van der Waals surface area contributed by atoms with Gasteiger partial charge in [-0.15, -0.1) is 0 Å². The van der Waals surface area contributed by atoms with Crippen LogP contribution < -0.4 is 15.4 Å². The van der Waals surface area contributed by atoms with Crippen molar-refractivity contribution in [3.63, 3.8) is 0 Å². The lowest BCUT2D eigenvalue weighted by atomic mass is 10.0. The molecule has 2 amide bonds. The lowest BCUT2D eigenvalue weighted by Crippen LogP contribution is -2.32. The van der Waals surface area contributed by atoms with E-state index in [2.05, 4.69) is 15.6 Å². The third-order valence-electron chi connectivity index (χ3n) is 3.61. The molecule has 1 aromatic carbocycles. The summed E-state index contributed by atoms with van der Waals surface area (Å²) in [7, 11) is 0. The Bertz CT molecular complexity index is 715. The highest BCUT2D eigenvalue weighted by atomic mass is 16.5. The van der Waals surface area contributed by atoms with Crippen LogP contribution in [0.25, 0.3) is 0 Å². The van der Waals surface area contributed by atoms with Gasteiger partial charge in [0, 0.05) is 25.7 Å². The quantitative estimate of drug-likeness (QED) is 0.763. The molecule has 0 saturated heterocycles. The number of rotatable bonds is 8. The van der Waals surface area contributed by atoms with Gasteiger partial charge in [0.15, 0.2) is 0 Å².